The summed E-state index contributed by atoms with van der Waals surface area (Å²) in [5, 5.41) is 0. The fraction of sp³-hybridized carbons (Fsp3) is 0.214. The lowest BCUT2D eigenvalue weighted by Gasteiger charge is -2.08. The lowest BCUT2D eigenvalue weighted by atomic mass is 10.2. The summed E-state index contributed by atoms with van der Waals surface area (Å²) < 4.78 is 5.83. The molecule has 2 aromatic heterocycles. The van der Waals surface area contributed by atoms with E-state index >= 15 is 0 Å². The third-order valence-electron chi connectivity index (χ3n) is 3.29. The molecule has 3 aromatic rings. The molecule has 0 aliphatic carbocycles. The standard InChI is InChI=1S/C14H12N2OS2/c15-9-2-1-3-10-13(9)16-14(17-10)12-6-8-7-18-5-4-11(8)19-12/h1-3,6H,4-5,7,15H2. The van der Waals surface area contributed by atoms with Crippen molar-refractivity contribution in [3.05, 3.63) is 34.7 Å². The smallest absolute Gasteiger partial charge is 0.237 e. The Balaban J connectivity index is 1.85. The number of aromatic nitrogens is 1. The van der Waals surface area contributed by atoms with Gasteiger partial charge in [0.25, 0.3) is 0 Å². The fourth-order valence-electron chi connectivity index (χ4n) is 2.33. The Hall–Kier alpha value is -1.46. The number of benzene rings is 1. The van der Waals surface area contributed by atoms with Crippen LogP contribution in [0.15, 0.2) is 28.7 Å². The normalized spacial score (nSPS) is 14.7. The van der Waals surface area contributed by atoms with Crippen LogP contribution in [0.3, 0.4) is 0 Å². The molecule has 1 aromatic carbocycles. The Kier molecular flexibility index (Phi) is 2.56. The first kappa shape index (κ1) is 11.4. The summed E-state index contributed by atoms with van der Waals surface area (Å²) in [5.41, 5.74) is 9.55. The van der Waals surface area contributed by atoms with E-state index in [0.717, 1.165) is 28.2 Å². The van der Waals surface area contributed by atoms with E-state index in [9.17, 15) is 0 Å². The molecule has 5 heteroatoms. The van der Waals surface area contributed by atoms with Crippen LogP contribution >= 0.6 is 23.1 Å². The number of nitrogens with two attached hydrogens (primary N) is 1. The maximum Gasteiger partial charge on any atom is 0.237 e. The molecule has 2 N–H and O–H groups in total. The molecule has 0 saturated heterocycles. The second-order valence-electron chi connectivity index (χ2n) is 4.57. The zero-order chi connectivity index (χ0) is 12.8. The number of thiophene rings is 1. The molecule has 19 heavy (non-hydrogen) atoms. The van der Waals surface area contributed by atoms with Crippen LogP contribution < -0.4 is 5.73 Å². The van der Waals surface area contributed by atoms with Gasteiger partial charge in [-0.1, -0.05) is 6.07 Å². The number of fused-ring (bicyclic) bond motifs is 2. The second kappa shape index (κ2) is 4.28. The summed E-state index contributed by atoms with van der Waals surface area (Å²) in [4.78, 5) is 7.13. The number of oxazole rings is 1. The van der Waals surface area contributed by atoms with E-state index in [-0.39, 0.29) is 0 Å². The number of thioether (sulfide) groups is 1. The number of hydrogen-bond donors (Lipinski definition) is 1. The highest BCUT2D eigenvalue weighted by molar-refractivity contribution is 7.98. The predicted octanol–water partition coefficient (Wildman–Crippen LogP) is 3.93. The van der Waals surface area contributed by atoms with Crippen molar-refractivity contribution in [1.82, 2.24) is 4.98 Å². The zero-order valence-electron chi connectivity index (χ0n) is 10.2. The molecule has 96 valence electrons. The van der Waals surface area contributed by atoms with E-state index in [1.54, 1.807) is 11.3 Å². The number of aryl methyl sites for hydroxylation is 1. The predicted molar refractivity (Wildman–Crippen MR) is 81.6 cm³/mol. The molecule has 1 aliphatic rings. The second-order valence-corrected chi connectivity index (χ2v) is 6.82. The van der Waals surface area contributed by atoms with Gasteiger partial charge in [0, 0.05) is 10.6 Å². The van der Waals surface area contributed by atoms with Gasteiger partial charge in [-0.2, -0.15) is 11.8 Å². The third kappa shape index (κ3) is 1.84. The van der Waals surface area contributed by atoms with Crippen molar-refractivity contribution in [1.29, 1.82) is 0 Å². The Bertz CT molecular complexity index is 736. The van der Waals surface area contributed by atoms with Gasteiger partial charge < -0.3 is 10.2 Å². The maximum absolute atomic E-state index is 5.92. The molecule has 3 heterocycles. The molecular formula is C14H12N2OS2. The van der Waals surface area contributed by atoms with Crippen LogP contribution in [-0.4, -0.2) is 10.7 Å². The maximum atomic E-state index is 5.92. The molecule has 0 atom stereocenters. The lowest BCUT2D eigenvalue weighted by molar-refractivity contribution is 0.621. The number of rotatable bonds is 1. The van der Waals surface area contributed by atoms with Crippen molar-refractivity contribution in [3.63, 3.8) is 0 Å². The molecule has 0 bridgehead atoms. The van der Waals surface area contributed by atoms with E-state index in [1.165, 1.54) is 16.2 Å². The monoisotopic (exact) mass is 288 g/mol. The lowest BCUT2D eigenvalue weighted by Crippen LogP contribution is -1.96. The van der Waals surface area contributed by atoms with Crippen LogP contribution in [0.25, 0.3) is 21.9 Å². The quantitative estimate of drug-likeness (QED) is 0.689. The van der Waals surface area contributed by atoms with E-state index in [0.29, 0.717) is 11.6 Å². The first-order chi connectivity index (χ1) is 9.31. The Labute approximate surface area is 118 Å². The fourth-order valence-corrected chi connectivity index (χ4v) is 4.63. The minimum Gasteiger partial charge on any atom is -0.435 e. The summed E-state index contributed by atoms with van der Waals surface area (Å²) in [6.45, 7) is 0. The van der Waals surface area contributed by atoms with Crippen LogP contribution in [0.1, 0.15) is 10.4 Å². The molecule has 0 amide bonds. The average Bonchev–Trinajstić information content (AvgIpc) is 3.02. The van der Waals surface area contributed by atoms with E-state index in [2.05, 4.69) is 11.1 Å². The van der Waals surface area contributed by atoms with Gasteiger partial charge in [0.1, 0.15) is 5.52 Å². The van der Waals surface area contributed by atoms with Gasteiger partial charge in [-0.25, -0.2) is 4.98 Å². The first-order valence-corrected chi connectivity index (χ1v) is 8.13. The highest BCUT2D eigenvalue weighted by Crippen LogP contribution is 2.38. The molecular weight excluding hydrogens is 276 g/mol. The van der Waals surface area contributed by atoms with Crippen LogP contribution in [0.5, 0.6) is 0 Å². The summed E-state index contributed by atoms with van der Waals surface area (Å²) in [7, 11) is 0. The first-order valence-electron chi connectivity index (χ1n) is 6.16. The van der Waals surface area contributed by atoms with Gasteiger partial charge in [0.15, 0.2) is 5.58 Å². The van der Waals surface area contributed by atoms with Gasteiger partial charge in [0.2, 0.25) is 5.89 Å². The Morgan fingerprint density at radius 1 is 1.32 bits per heavy atom. The highest BCUT2D eigenvalue weighted by atomic mass is 32.2. The molecule has 0 fully saturated rings. The molecule has 0 saturated carbocycles. The summed E-state index contributed by atoms with van der Waals surface area (Å²) in [5.74, 6) is 3.01. The Morgan fingerprint density at radius 3 is 3.11 bits per heavy atom. The highest BCUT2D eigenvalue weighted by Gasteiger charge is 2.18. The van der Waals surface area contributed by atoms with E-state index < -0.39 is 0 Å². The van der Waals surface area contributed by atoms with Crippen LogP contribution in [0.4, 0.5) is 5.69 Å². The van der Waals surface area contributed by atoms with Crippen LogP contribution in [0, 0.1) is 0 Å². The SMILES string of the molecule is Nc1cccc2oc(-c3cc4c(s3)CCSC4)nc12. The largest absolute Gasteiger partial charge is 0.435 e. The minimum absolute atomic E-state index is 0.671. The number of nitrogen functional groups attached to an aromatic ring is 1. The van der Waals surface area contributed by atoms with Gasteiger partial charge in [0.05, 0.1) is 10.6 Å². The summed E-state index contributed by atoms with van der Waals surface area (Å²) in [6.07, 6.45) is 1.16. The van der Waals surface area contributed by atoms with Crippen molar-refractivity contribution < 1.29 is 4.42 Å². The Morgan fingerprint density at radius 2 is 2.26 bits per heavy atom. The number of anilines is 1. The third-order valence-corrected chi connectivity index (χ3v) is 5.52. The van der Waals surface area contributed by atoms with Crippen LogP contribution in [-0.2, 0) is 12.2 Å². The number of nitrogens with zero attached hydrogens (tertiary/aromatic N) is 1. The van der Waals surface area contributed by atoms with Gasteiger partial charge in [-0.15, -0.1) is 11.3 Å². The molecule has 3 nitrogen and oxygen atoms in total. The van der Waals surface area contributed by atoms with Crippen molar-refractivity contribution in [2.75, 3.05) is 11.5 Å². The van der Waals surface area contributed by atoms with Gasteiger partial charge >= 0.3 is 0 Å². The van der Waals surface area contributed by atoms with Crippen molar-refractivity contribution in [2.24, 2.45) is 0 Å². The summed E-state index contributed by atoms with van der Waals surface area (Å²) in [6, 6.07) is 7.87. The van der Waals surface area contributed by atoms with Crippen LogP contribution in [0.2, 0.25) is 0 Å². The molecule has 4 rings (SSSR count). The summed E-state index contributed by atoms with van der Waals surface area (Å²) >= 11 is 3.79. The molecule has 0 spiro atoms. The molecule has 0 unspecified atom stereocenters. The van der Waals surface area contributed by atoms with Crippen molar-refractivity contribution >= 4 is 39.9 Å². The topological polar surface area (TPSA) is 52.0 Å². The average molecular weight is 288 g/mol. The zero-order valence-corrected chi connectivity index (χ0v) is 11.8. The molecule has 0 radical (unpaired) electrons. The van der Waals surface area contributed by atoms with Gasteiger partial charge in [-0.3, -0.25) is 0 Å². The molecule has 1 aliphatic heterocycles. The minimum atomic E-state index is 0.671. The van der Waals surface area contributed by atoms with Crippen molar-refractivity contribution in [3.8, 4) is 10.8 Å². The van der Waals surface area contributed by atoms with Gasteiger partial charge in [-0.05, 0) is 35.9 Å². The van der Waals surface area contributed by atoms with E-state index in [1.807, 2.05) is 30.0 Å². The van der Waals surface area contributed by atoms with E-state index in [4.69, 9.17) is 10.2 Å². The number of para-hydroxylation sites is 1. The number of hydrogen-bond acceptors (Lipinski definition) is 5. The van der Waals surface area contributed by atoms with Crippen molar-refractivity contribution in [2.45, 2.75) is 12.2 Å².